The van der Waals surface area contributed by atoms with Crippen LogP contribution >= 0.6 is 46.3 Å². The zero-order valence-electron chi connectivity index (χ0n) is 16.0. The average Bonchev–Trinajstić information content (AvgIpc) is 3.19. The van der Waals surface area contributed by atoms with Crippen molar-refractivity contribution in [3.05, 3.63) is 34.3 Å². The summed E-state index contributed by atoms with van der Waals surface area (Å²) in [7, 11) is 1.34. The summed E-state index contributed by atoms with van der Waals surface area (Å²) in [4.78, 5) is 15.9. The number of rotatable bonds is 7. The van der Waals surface area contributed by atoms with Crippen molar-refractivity contribution < 1.29 is 22.7 Å². The molecule has 0 aliphatic carbocycles. The Morgan fingerprint density at radius 1 is 1.40 bits per heavy atom. The maximum atomic E-state index is 13.8. The molecule has 0 bridgehead atoms. The van der Waals surface area contributed by atoms with Crippen LogP contribution in [0.25, 0.3) is 22.2 Å². The summed E-state index contributed by atoms with van der Waals surface area (Å²) in [6, 6.07) is 1.76. The van der Waals surface area contributed by atoms with Crippen LogP contribution in [0.15, 0.2) is 22.9 Å². The summed E-state index contributed by atoms with van der Waals surface area (Å²) in [6.45, 7) is 3.90. The molecule has 6 nitrogen and oxygen atoms in total. The van der Waals surface area contributed by atoms with Crippen LogP contribution in [0.5, 0.6) is 0 Å². The highest BCUT2D eigenvalue weighted by Crippen LogP contribution is 2.43. The fourth-order valence-corrected chi connectivity index (χ4v) is 5.39. The molecular formula is C18H17BrF3IN4O2S. The Kier molecular flexibility index (Phi) is 7.38. The molecule has 0 fully saturated rings. The lowest BCUT2D eigenvalue weighted by Gasteiger charge is -2.07. The van der Waals surface area contributed by atoms with Gasteiger partial charge in [-0.2, -0.15) is 18.3 Å². The molecule has 12 heteroatoms. The van der Waals surface area contributed by atoms with E-state index in [2.05, 4.69) is 47.2 Å². The van der Waals surface area contributed by atoms with Gasteiger partial charge in [0.05, 0.1) is 6.61 Å². The van der Waals surface area contributed by atoms with Gasteiger partial charge in [0.2, 0.25) is 0 Å². The van der Waals surface area contributed by atoms with E-state index in [1.807, 2.05) is 0 Å². The standard InChI is InChI=1S/C18H17BrF3IN4O2S/c1-3-29-14(28)5-4-6-26-9-13(16(25-26)18(20,21)22)15-10(2)27(30-23)17-12(15)7-11(19)8-24-17/h7-9H,3-6H2,1-2H3. The second-order valence-corrected chi connectivity index (χ2v) is 9.01. The lowest BCUT2D eigenvalue weighted by Crippen LogP contribution is -2.10. The number of aryl methyl sites for hydroxylation is 1. The van der Waals surface area contributed by atoms with E-state index in [1.165, 1.54) is 20.0 Å². The summed E-state index contributed by atoms with van der Waals surface area (Å²) in [5.41, 5.74) is 0.691. The second kappa shape index (κ2) is 9.47. The summed E-state index contributed by atoms with van der Waals surface area (Å²) < 4.78 is 50.0. The minimum absolute atomic E-state index is 0.00904. The SMILES string of the molecule is CCOC(=O)CCCn1cc(-c2c(C)n(SI)c3ncc(Br)cc23)c(C(F)(F)F)n1. The maximum absolute atomic E-state index is 13.8. The second-order valence-electron chi connectivity index (χ2n) is 6.41. The highest BCUT2D eigenvalue weighted by molar-refractivity contribution is 14.2. The van der Waals surface area contributed by atoms with E-state index in [0.717, 1.165) is 0 Å². The molecule has 0 aliphatic rings. The van der Waals surface area contributed by atoms with E-state index >= 15 is 0 Å². The van der Waals surface area contributed by atoms with Gasteiger partial charge < -0.3 is 4.74 Å². The Hall–Kier alpha value is -1.28. The number of esters is 1. The predicted octanol–water partition coefficient (Wildman–Crippen LogP) is 6.18. The fraction of sp³-hybridized carbons (Fsp3) is 0.389. The van der Waals surface area contributed by atoms with E-state index < -0.39 is 11.9 Å². The number of aromatic nitrogens is 4. The van der Waals surface area contributed by atoms with Crippen LogP contribution < -0.4 is 0 Å². The van der Waals surface area contributed by atoms with Crippen LogP contribution in [0, 0.1) is 6.92 Å². The van der Waals surface area contributed by atoms with Crippen LogP contribution in [0.1, 0.15) is 31.2 Å². The first-order chi connectivity index (χ1) is 14.2. The van der Waals surface area contributed by atoms with Gasteiger partial charge in [0.15, 0.2) is 11.3 Å². The van der Waals surface area contributed by atoms with E-state index in [4.69, 9.17) is 4.74 Å². The molecule has 0 atom stereocenters. The minimum Gasteiger partial charge on any atom is -0.466 e. The summed E-state index contributed by atoms with van der Waals surface area (Å²) in [5.74, 6) is -0.380. The Bertz CT molecular complexity index is 1080. The number of ether oxygens (including phenoxy) is 1. The predicted molar refractivity (Wildman–Crippen MR) is 121 cm³/mol. The Balaban J connectivity index is 2.07. The van der Waals surface area contributed by atoms with Gasteiger partial charge in [0.25, 0.3) is 0 Å². The van der Waals surface area contributed by atoms with Crippen molar-refractivity contribution in [1.29, 1.82) is 0 Å². The molecule has 0 unspecified atom stereocenters. The zero-order chi connectivity index (χ0) is 22.1. The Morgan fingerprint density at radius 3 is 2.77 bits per heavy atom. The van der Waals surface area contributed by atoms with Gasteiger partial charge in [-0.1, -0.05) is 0 Å². The normalized spacial score (nSPS) is 12.0. The third kappa shape index (κ3) is 4.79. The van der Waals surface area contributed by atoms with E-state index in [-0.39, 0.29) is 31.1 Å². The molecule has 0 aliphatic heterocycles. The molecule has 0 N–H and O–H groups in total. The molecule has 0 spiro atoms. The monoisotopic (exact) mass is 616 g/mol. The van der Waals surface area contributed by atoms with Crippen LogP contribution in [-0.4, -0.2) is 31.3 Å². The van der Waals surface area contributed by atoms with Crippen LogP contribution in [0.2, 0.25) is 0 Å². The molecule has 0 saturated heterocycles. The van der Waals surface area contributed by atoms with E-state index in [1.54, 1.807) is 30.1 Å². The number of carbonyl (C=O) groups excluding carboxylic acids is 1. The third-order valence-corrected chi connectivity index (χ3v) is 6.60. The van der Waals surface area contributed by atoms with Gasteiger partial charge >= 0.3 is 12.1 Å². The number of halogens is 5. The third-order valence-electron chi connectivity index (χ3n) is 4.40. The number of hydrogen-bond donors (Lipinski definition) is 0. The molecule has 3 rings (SSSR count). The Morgan fingerprint density at radius 2 is 2.13 bits per heavy atom. The Labute approximate surface area is 195 Å². The largest absolute Gasteiger partial charge is 0.466 e. The highest BCUT2D eigenvalue weighted by Gasteiger charge is 2.39. The topological polar surface area (TPSA) is 61.9 Å². The van der Waals surface area contributed by atoms with E-state index in [9.17, 15) is 18.0 Å². The minimum atomic E-state index is -4.63. The smallest absolute Gasteiger partial charge is 0.435 e. The average molecular weight is 617 g/mol. The molecule has 30 heavy (non-hydrogen) atoms. The molecule has 3 aromatic rings. The number of hydrogen-bond acceptors (Lipinski definition) is 5. The number of fused-ring (bicyclic) bond motifs is 1. The number of alkyl halides is 3. The van der Waals surface area contributed by atoms with Crippen molar-refractivity contribution in [3.8, 4) is 11.1 Å². The van der Waals surface area contributed by atoms with Crippen molar-refractivity contribution in [2.24, 2.45) is 0 Å². The van der Waals surface area contributed by atoms with Crippen LogP contribution in [0.3, 0.4) is 0 Å². The molecule has 0 saturated carbocycles. The molecule has 0 radical (unpaired) electrons. The van der Waals surface area contributed by atoms with Crippen molar-refractivity contribution in [2.45, 2.75) is 39.4 Å². The number of nitrogens with zero attached hydrogens (tertiary/aromatic N) is 4. The first-order valence-corrected chi connectivity index (χ1v) is 13.0. The maximum Gasteiger partial charge on any atom is 0.435 e. The fourth-order valence-electron chi connectivity index (χ4n) is 3.20. The highest BCUT2D eigenvalue weighted by atomic mass is 127. The molecule has 0 aromatic carbocycles. The summed E-state index contributed by atoms with van der Waals surface area (Å²) >= 11 is 5.42. The van der Waals surface area contributed by atoms with Crippen LogP contribution in [0.4, 0.5) is 13.2 Å². The van der Waals surface area contributed by atoms with E-state index in [0.29, 0.717) is 33.2 Å². The van der Waals surface area contributed by atoms with Crippen LogP contribution in [-0.2, 0) is 22.3 Å². The van der Waals surface area contributed by atoms with Crippen molar-refractivity contribution in [2.75, 3.05) is 6.61 Å². The van der Waals surface area contributed by atoms with Gasteiger partial charge in [-0.15, -0.1) is 0 Å². The lowest BCUT2D eigenvalue weighted by molar-refractivity contribution is -0.143. The first kappa shape index (κ1) is 23.4. The van der Waals surface area contributed by atoms with Crippen molar-refractivity contribution >= 4 is 63.3 Å². The quantitative estimate of drug-likeness (QED) is 0.234. The number of carbonyl (C=O) groups is 1. The molecule has 162 valence electrons. The van der Waals surface area contributed by atoms with Gasteiger partial charge in [-0.25, -0.2) is 4.98 Å². The zero-order valence-corrected chi connectivity index (χ0v) is 20.5. The van der Waals surface area contributed by atoms with Crippen molar-refractivity contribution in [3.63, 3.8) is 0 Å². The molecule has 3 heterocycles. The molecule has 0 amide bonds. The summed E-state index contributed by atoms with van der Waals surface area (Å²) in [6.07, 6.45) is -1.18. The lowest BCUT2D eigenvalue weighted by atomic mass is 10.0. The van der Waals surface area contributed by atoms with Gasteiger partial charge in [0.1, 0.15) is 0 Å². The molecular weight excluding hydrogens is 600 g/mol. The first-order valence-electron chi connectivity index (χ1n) is 8.93. The number of pyridine rings is 1. The van der Waals surface area contributed by atoms with Crippen molar-refractivity contribution in [1.82, 2.24) is 18.7 Å². The van der Waals surface area contributed by atoms with Gasteiger partial charge in [-0.05, 0) is 42.3 Å². The van der Waals surface area contributed by atoms with Gasteiger partial charge in [-0.3, -0.25) is 13.4 Å². The molecule has 3 aromatic heterocycles. The summed E-state index contributed by atoms with van der Waals surface area (Å²) in [5, 5.41) is 4.40. The van der Waals surface area contributed by atoms with Gasteiger partial charge in [0, 0.05) is 82.4 Å².